The Labute approximate surface area is 89.8 Å². The first-order valence-electron chi connectivity index (χ1n) is 4.81. The summed E-state index contributed by atoms with van der Waals surface area (Å²) >= 11 is 0. The third kappa shape index (κ3) is 1.88. The second kappa shape index (κ2) is 3.45. The fraction of sp³-hybridized carbons (Fsp3) is 0.889. The molecule has 5 nitrogen and oxygen atoms in total. The molecule has 0 radical (unpaired) electrons. The maximum atomic E-state index is 12.0. The molecular weight excluding hydrogens is 218 g/mol. The maximum Gasteiger partial charge on any atom is 0.229 e. The standard InChI is InChI=1S/C9H17NO4S/c1-5(11)6-7(12)10-8(6)15(13,14)9(2,3)4/h5-6,8,11H,1-4H3,(H,10,12)/t5?,6-,8-/m1/s1. The Balaban J connectivity index is 2.98. The Kier molecular flexibility index (Phi) is 2.86. The molecule has 2 N–H and O–H groups in total. The van der Waals surface area contributed by atoms with Crippen LogP contribution in [0.4, 0.5) is 0 Å². The summed E-state index contributed by atoms with van der Waals surface area (Å²) in [6.07, 6.45) is -0.944. The lowest BCUT2D eigenvalue weighted by molar-refractivity contribution is -0.137. The third-order valence-electron chi connectivity index (χ3n) is 2.62. The van der Waals surface area contributed by atoms with Gasteiger partial charge in [0, 0.05) is 0 Å². The zero-order valence-electron chi connectivity index (χ0n) is 9.31. The van der Waals surface area contributed by atoms with E-state index in [4.69, 9.17) is 0 Å². The van der Waals surface area contributed by atoms with E-state index in [1.807, 2.05) is 0 Å². The van der Waals surface area contributed by atoms with Gasteiger partial charge in [-0.25, -0.2) is 8.42 Å². The number of aliphatic hydroxyl groups excluding tert-OH is 1. The van der Waals surface area contributed by atoms with Gasteiger partial charge in [-0.1, -0.05) is 0 Å². The van der Waals surface area contributed by atoms with Crippen LogP contribution in [0.1, 0.15) is 27.7 Å². The summed E-state index contributed by atoms with van der Waals surface area (Å²) in [4.78, 5) is 11.1. The predicted molar refractivity (Wildman–Crippen MR) is 55.8 cm³/mol. The van der Waals surface area contributed by atoms with Crippen molar-refractivity contribution in [2.75, 3.05) is 0 Å². The highest BCUT2D eigenvalue weighted by atomic mass is 32.2. The normalized spacial score (nSPS) is 29.3. The lowest BCUT2D eigenvalue weighted by Gasteiger charge is -2.40. The Morgan fingerprint density at radius 2 is 1.87 bits per heavy atom. The molecule has 1 amide bonds. The van der Waals surface area contributed by atoms with Gasteiger partial charge < -0.3 is 10.4 Å². The smallest absolute Gasteiger partial charge is 0.229 e. The summed E-state index contributed by atoms with van der Waals surface area (Å²) in [7, 11) is -3.46. The molecular formula is C9H17NO4S. The molecule has 1 heterocycles. The van der Waals surface area contributed by atoms with Gasteiger partial charge in [-0.15, -0.1) is 0 Å². The van der Waals surface area contributed by atoms with Crippen molar-refractivity contribution in [2.24, 2.45) is 5.92 Å². The van der Waals surface area contributed by atoms with E-state index in [9.17, 15) is 18.3 Å². The average Bonchev–Trinajstić information content (AvgIpc) is 1.95. The van der Waals surface area contributed by atoms with Crippen LogP contribution in [-0.2, 0) is 14.6 Å². The zero-order chi connectivity index (χ0) is 12.0. The van der Waals surface area contributed by atoms with E-state index in [1.54, 1.807) is 20.8 Å². The molecule has 6 heteroatoms. The molecule has 1 aliphatic heterocycles. The number of β-lactam (4-membered cyclic amide) rings is 1. The molecule has 1 rings (SSSR count). The monoisotopic (exact) mass is 235 g/mol. The largest absolute Gasteiger partial charge is 0.392 e. The summed E-state index contributed by atoms with van der Waals surface area (Å²) in [6, 6.07) is 0. The van der Waals surface area contributed by atoms with Gasteiger partial charge in [-0.05, 0) is 27.7 Å². The van der Waals surface area contributed by atoms with Gasteiger partial charge in [0.1, 0.15) is 5.37 Å². The van der Waals surface area contributed by atoms with Crippen molar-refractivity contribution < 1.29 is 18.3 Å². The summed E-state index contributed by atoms with van der Waals surface area (Å²) in [5, 5.41) is 10.7. The molecule has 0 spiro atoms. The zero-order valence-corrected chi connectivity index (χ0v) is 10.1. The number of amides is 1. The molecule has 1 fully saturated rings. The minimum absolute atomic E-state index is 0.400. The van der Waals surface area contributed by atoms with E-state index >= 15 is 0 Å². The van der Waals surface area contributed by atoms with Crippen molar-refractivity contribution in [3.8, 4) is 0 Å². The lowest BCUT2D eigenvalue weighted by Crippen LogP contribution is -2.67. The Hall–Kier alpha value is -0.620. The van der Waals surface area contributed by atoms with Crippen LogP contribution in [0.25, 0.3) is 0 Å². The van der Waals surface area contributed by atoms with Gasteiger partial charge in [0.2, 0.25) is 5.91 Å². The molecule has 1 saturated heterocycles. The molecule has 0 aromatic rings. The molecule has 1 aliphatic rings. The fourth-order valence-corrected chi connectivity index (χ4v) is 3.26. The van der Waals surface area contributed by atoms with Crippen LogP contribution in [0.3, 0.4) is 0 Å². The number of rotatable bonds is 2. The van der Waals surface area contributed by atoms with Gasteiger partial charge in [-0.2, -0.15) is 0 Å². The minimum Gasteiger partial charge on any atom is -0.392 e. The Morgan fingerprint density at radius 3 is 2.13 bits per heavy atom. The van der Waals surface area contributed by atoms with Crippen molar-refractivity contribution in [2.45, 2.75) is 43.9 Å². The number of nitrogens with one attached hydrogen (secondary N) is 1. The van der Waals surface area contributed by atoms with Crippen molar-refractivity contribution in [3.05, 3.63) is 0 Å². The highest BCUT2D eigenvalue weighted by molar-refractivity contribution is 7.93. The third-order valence-corrected chi connectivity index (χ3v) is 5.41. The van der Waals surface area contributed by atoms with Gasteiger partial charge in [0.15, 0.2) is 9.84 Å². The molecule has 88 valence electrons. The van der Waals surface area contributed by atoms with Crippen molar-refractivity contribution in [3.63, 3.8) is 0 Å². The second-order valence-corrected chi connectivity index (χ2v) is 7.68. The topological polar surface area (TPSA) is 83.5 Å². The summed E-state index contributed by atoms with van der Waals surface area (Å²) in [6.45, 7) is 6.15. The quantitative estimate of drug-likeness (QED) is 0.641. The van der Waals surface area contributed by atoms with Crippen LogP contribution in [0.15, 0.2) is 0 Å². The van der Waals surface area contributed by atoms with Crippen LogP contribution in [-0.4, -0.2) is 35.7 Å². The highest BCUT2D eigenvalue weighted by Gasteiger charge is 2.53. The maximum absolute atomic E-state index is 12.0. The Bertz CT molecular complexity index is 366. The average molecular weight is 235 g/mol. The first kappa shape index (κ1) is 12.4. The molecule has 1 unspecified atom stereocenters. The van der Waals surface area contributed by atoms with Crippen LogP contribution in [0.5, 0.6) is 0 Å². The van der Waals surface area contributed by atoms with Crippen molar-refractivity contribution >= 4 is 15.7 Å². The number of sulfone groups is 1. The highest BCUT2D eigenvalue weighted by Crippen LogP contribution is 2.30. The molecule has 0 aromatic heterocycles. The van der Waals surface area contributed by atoms with Gasteiger partial charge >= 0.3 is 0 Å². The van der Waals surface area contributed by atoms with E-state index < -0.39 is 37.9 Å². The number of hydrogen-bond acceptors (Lipinski definition) is 4. The SMILES string of the molecule is CC(O)[C@@H]1C(=O)N[C@@H]1S(=O)(=O)C(C)(C)C. The van der Waals surface area contributed by atoms with Gasteiger partial charge in [0.25, 0.3) is 0 Å². The first-order chi connectivity index (χ1) is 6.59. The number of hydrogen-bond donors (Lipinski definition) is 2. The van der Waals surface area contributed by atoms with Gasteiger partial charge in [-0.3, -0.25) is 4.79 Å². The molecule has 0 bridgehead atoms. The molecule has 15 heavy (non-hydrogen) atoms. The minimum atomic E-state index is -3.46. The predicted octanol–water partition coefficient (Wildman–Crippen LogP) is -0.347. The number of aliphatic hydroxyl groups is 1. The van der Waals surface area contributed by atoms with Crippen LogP contribution < -0.4 is 5.32 Å². The van der Waals surface area contributed by atoms with E-state index in [0.29, 0.717) is 0 Å². The number of carbonyl (C=O) groups is 1. The fourth-order valence-electron chi connectivity index (χ4n) is 1.49. The van der Waals surface area contributed by atoms with E-state index in [1.165, 1.54) is 6.92 Å². The molecule has 0 aromatic carbocycles. The van der Waals surface area contributed by atoms with Crippen molar-refractivity contribution in [1.82, 2.24) is 5.32 Å². The lowest BCUT2D eigenvalue weighted by atomic mass is 9.96. The van der Waals surface area contributed by atoms with Crippen LogP contribution >= 0.6 is 0 Å². The van der Waals surface area contributed by atoms with Crippen LogP contribution in [0, 0.1) is 5.92 Å². The van der Waals surface area contributed by atoms with Crippen molar-refractivity contribution in [1.29, 1.82) is 0 Å². The Morgan fingerprint density at radius 1 is 1.40 bits per heavy atom. The molecule has 0 aliphatic carbocycles. The van der Waals surface area contributed by atoms with E-state index in [-0.39, 0.29) is 0 Å². The summed E-state index contributed by atoms with van der Waals surface area (Å²) in [5.41, 5.74) is 0. The molecule has 0 saturated carbocycles. The second-order valence-electron chi connectivity index (χ2n) is 4.85. The van der Waals surface area contributed by atoms with Crippen LogP contribution in [0.2, 0.25) is 0 Å². The van der Waals surface area contributed by atoms with E-state index in [2.05, 4.69) is 5.32 Å². The molecule has 3 atom stereocenters. The van der Waals surface area contributed by atoms with Gasteiger partial charge in [0.05, 0.1) is 16.8 Å². The summed E-state index contributed by atoms with van der Waals surface area (Å²) < 4.78 is 23.0. The first-order valence-corrected chi connectivity index (χ1v) is 6.35. The summed E-state index contributed by atoms with van der Waals surface area (Å²) in [5.74, 6) is -1.24. The van der Waals surface area contributed by atoms with E-state index in [0.717, 1.165) is 0 Å². The number of carbonyl (C=O) groups excluding carboxylic acids is 1.